The Hall–Kier alpha value is -1.00. The summed E-state index contributed by atoms with van der Waals surface area (Å²) in [6.45, 7) is 0. The van der Waals surface area contributed by atoms with E-state index in [1.54, 1.807) is 0 Å². The van der Waals surface area contributed by atoms with Crippen LogP contribution in [0.4, 0.5) is 0 Å². The number of benzene rings is 1. The first kappa shape index (κ1) is 9.24. The van der Waals surface area contributed by atoms with Gasteiger partial charge in [-0.3, -0.25) is 0 Å². The molecular formula is C11H7BrN2S. The summed E-state index contributed by atoms with van der Waals surface area (Å²) in [6.07, 6.45) is 8.47. The van der Waals surface area contributed by atoms with E-state index < -0.39 is 0 Å². The summed E-state index contributed by atoms with van der Waals surface area (Å²) in [5.41, 5.74) is 3.20. The van der Waals surface area contributed by atoms with Crippen LogP contribution in [0, 0.1) is 0 Å². The predicted molar refractivity (Wildman–Crippen MR) is 66.1 cm³/mol. The highest BCUT2D eigenvalue weighted by Crippen LogP contribution is 2.32. The van der Waals surface area contributed by atoms with E-state index in [-0.39, 0.29) is 0 Å². The van der Waals surface area contributed by atoms with E-state index in [0.717, 1.165) is 15.5 Å². The van der Waals surface area contributed by atoms with Crippen LogP contribution in [0.1, 0.15) is 11.5 Å². The second kappa shape index (κ2) is 3.54. The van der Waals surface area contributed by atoms with Crippen LogP contribution in [0.25, 0.3) is 11.0 Å². The molecule has 4 heteroatoms. The zero-order valence-electron chi connectivity index (χ0n) is 7.72. The Balaban J connectivity index is 2.27. The molecule has 0 radical (unpaired) electrons. The lowest BCUT2D eigenvalue weighted by Crippen LogP contribution is -1.91. The van der Waals surface area contributed by atoms with Crippen LogP contribution in [0.3, 0.4) is 0 Å². The van der Waals surface area contributed by atoms with Crippen LogP contribution in [0.2, 0.25) is 0 Å². The largest absolute Gasteiger partial charge is 0.173 e. The molecule has 2 nitrogen and oxygen atoms in total. The maximum atomic E-state index is 4.36. The molecule has 0 fully saturated rings. The molecular weight excluding hydrogens is 272 g/mol. The van der Waals surface area contributed by atoms with Crippen molar-refractivity contribution in [3.05, 3.63) is 46.5 Å². The molecule has 0 amide bonds. The highest BCUT2D eigenvalue weighted by atomic mass is 79.9. The summed E-state index contributed by atoms with van der Waals surface area (Å²) >= 11 is 4.75. The van der Waals surface area contributed by atoms with Crippen molar-refractivity contribution >= 4 is 38.7 Å². The van der Waals surface area contributed by atoms with Gasteiger partial charge in [0.05, 0.1) is 11.7 Å². The molecule has 1 aromatic heterocycles. The van der Waals surface area contributed by atoms with Gasteiger partial charge in [0, 0.05) is 10.4 Å². The molecule has 0 bridgehead atoms. The summed E-state index contributed by atoms with van der Waals surface area (Å²) in [4.78, 5) is 0. The van der Waals surface area contributed by atoms with Gasteiger partial charge < -0.3 is 0 Å². The molecule has 3 rings (SSSR count). The van der Waals surface area contributed by atoms with Crippen molar-refractivity contribution in [1.29, 1.82) is 0 Å². The highest BCUT2D eigenvalue weighted by Gasteiger charge is 2.14. The minimum absolute atomic E-state index is 0.351. The third-order valence-electron chi connectivity index (χ3n) is 2.50. The maximum absolute atomic E-state index is 4.36. The van der Waals surface area contributed by atoms with E-state index in [2.05, 4.69) is 55.0 Å². The fraction of sp³-hybridized carbons (Fsp3) is 0.0909. The molecule has 2 aromatic rings. The molecule has 15 heavy (non-hydrogen) atoms. The topological polar surface area (TPSA) is 25.8 Å². The second-order valence-electron chi connectivity index (χ2n) is 3.39. The first-order valence-electron chi connectivity index (χ1n) is 4.62. The maximum Gasteiger partial charge on any atom is 0.119 e. The van der Waals surface area contributed by atoms with Crippen LogP contribution < -0.4 is 0 Å². The minimum Gasteiger partial charge on any atom is -0.173 e. The zero-order chi connectivity index (χ0) is 10.3. The molecule has 0 saturated carbocycles. The lowest BCUT2D eigenvalue weighted by atomic mass is 9.99. The average Bonchev–Trinajstić information content (AvgIpc) is 2.88. The van der Waals surface area contributed by atoms with Gasteiger partial charge in [-0.05, 0) is 27.6 Å². The summed E-state index contributed by atoms with van der Waals surface area (Å²) in [7, 11) is 0. The van der Waals surface area contributed by atoms with Crippen LogP contribution in [-0.2, 0) is 0 Å². The van der Waals surface area contributed by atoms with Gasteiger partial charge in [0.1, 0.15) is 11.0 Å². The summed E-state index contributed by atoms with van der Waals surface area (Å²) < 4.78 is 9.66. The van der Waals surface area contributed by atoms with E-state index in [9.17, 15) is 0 Å². The molecule has 74 valence electrons. The van der Waals surface area contributed by atoms with Gasteiger partial charge in [0.25, 0.3) is 0 Å². The van der Waals surface area contributed by atoms with E-state index in [1.807, 2.05) is 6.07 Å². The Morgan fingerprint density at radius 2 is 1.80 bits per heavy atom. The van der Waals surface area contributed by atoms with Crippen molar-refractivity contribution in [2.24, 2.45) is 0 Å². The molecule has 0 N–H and O–H groups in total. The minimum atomic E-state index is 0.351. The fourth-order valence-electron chi connectivity index (χ4n) is 1.76. The Morgan fingerprint density at radius 3 is 2.60 bits per heavy atom. The lowest BCUT2D eigenvalue weighted by molar-refractivity contribution is 1.12. The van der Waals surface area contributed by atoms with E-state index >= 15 is 0 Å². The van der Waals surface area contributed by atoms with Crippen molar-refractivity contribution < 1.29 is 0 Å². The Labute approximate surface area is 99.8 Å². The zero-order valence-corrected chi connectivity index (χ0v) is 10.1. The van der Waals surface area contributed by atoms with Gasteiger partial charge in [0.15, 0.2) is 0 Å². The van der Waals surface area contributed by atoms with Crippen molar-refractivity contribution in [3.63, 3.8) is 0 Å². The SMILES string of the molecule is Brc1ccc(C2C=CC=C2)c2nsnc12. The van der Waals surface area contributed by atoms with E-state index in [4.69, 9.17) is 0 Å². The number of hydrogen-bond acceptors (Lipinski definition) is 3. The van der Waals surface area contributed by atoms with Crippen molar-refractivity contribution in [2.75, 3.05) is 0 Å². The molecule has 0 saturated heterocycles. The second-order valence-corrected chi connectivity index (χ2v) is 4.78. The Morgan fingerprint density at radius 1 is 1.07 bits per heavy atom. The van der Waals surface area contributed by atoms with Crippen molar-refractivity contribution in [2.45, 2.75) is 5.92 Å². The Kier molecular flexibility index (Phi) is 2.18. The normalized spacial score (nSPS) is 15.5. The average molecular weight is 279 g/mol. The van der Waals surface area contributed by atoms with Gasteiger partial charge in [-0.15, -0.1) is 0 Å². The molecule has 1 heterocycles. The van der Waals surface area contributed by atoms with Gasteiger partial charge >= 0.3 is 0 Å². The van der Waals surface area contributed by atoms with E-state index in [0.29, 0.717) is 5.92 Å². The number of hydrogen-bond donors (Lipinski definition) is 0. The van der Waals surface area contributed by atoms with Crippen LogP contribution in [0.15, 0.2) is 40.9 Å². The monoisotopic (exact) mass is 278 g/mol. The molecule has 1 aliphatic rings. The first-order chi connectivity index (χ1) is 7.36. The molecule has 1 aliphatic carbocycles. The summed E-state index contributed by atoms with van der Waals surface area (Å²) in [5.74, 6) is 0.351. The number of nitrogens with zero attached hydrogens (tertiary/aromatic N) is 2. The van der Waals surface area contributed by atoms with Gasteiger partial charge in [0.2, 0.25) is 0 Å². The standard InChI is InChI=1S/C11H7BrN2S/c12-9-6-5-8(7-3-1-2-4-7)10-11(9)14-15-13-10/h1-7H. The van der Waals surface area contributed by atoms with Crippen LogP contribution in [0.5, 0.6) is 0 Å². The molecule has 0 unspecified atom stereocenters. The predicted octanol–water partition coefficient (Wildman–Crippen LogP) is 3.66. The van der Waals surface area contributed by atoms with E-state index in [1.165, 1.54) is 17.3 Å². The third kappa shape index (κ3) is 1.44. The molecule has 0 spiro atoms. The number of allylic oxidation sites excluding steroid dienone is 4. The number of rotatable bonds is 1. The van der Waals surface area contributed by atoms with Gasteiger partial charge in [-0.2, -0.15) is 8.75 Å². The van der Waals surface area contributed by atoms with Crippen LogP contribution >= 0.6 is 27.7 Å². The first-order valence-corrected chi connectivity index (χ1v) is 6.14. The number of fused-ring (bicyclic) bond motifs is 1. The van der Waals surface area contributed by atoms with Gasteiger partial charge in [-0.25, -0.2) is 0 Å². The number of halogens is 1. The summed E-state index contributed by atoms with van der Waals surface area (Å²) in [6, 6.07) is 4.15. The molecule has 1 aromatic carbocycles. The van der Waals surface area contributed by atoms with Crippen molar-refractivity contribution in [1.82, 2.24) is 8.75 Å². The third-order valence-corrected chi connectivity index (χ3v) is 3.67. The Bertz CT molecular complexity index is 559. The summed E-state index contributed by atoms with van der Waals surface area (Å²) in [5, 5.41) is 0. The van der Waals surface area contributed by atoms with Crippen LogP contribution in [-0.4, -0.2) is 8.75 Å². The van der Waals surface area contributed by atoms with Crippen molar-refractivity contribution in [3.8, 4) is 0 Å². The molecule has 0 atom stereocenters. The quantitative estimate of drug-likeness (QED) is 0.796. The fourth-order valence-corrected chi connectivity index (χ4v) is 2.87. The smallest absolute Gasteiger partial charge is 0.119 e. The number of aromatic nitrogens is 2. The molecule has 0 aliphatic heterocycles. The highest BCUT2D eigenvalue weighted by molar-refractivity contribution is 9.10. The lowest BCUT2D eigenvalue weighted by Gasteiger charge is -2.06. The van der Waals surface area contributed by atoms with Gasteiger partial charge in [-0.1, -0.05) is 30.4 Å².